The maximum absolute atomic E-state index is 6.03. The lowest BCUT2D eigenvalue weighted by Gasteiger charge is -2.11. The second kappa shape index (κ2) is 4.06. The lowest BCUT2D eigenvalue weighted by molar-refractivity contribution is 0.242. The van der Waals surface area contributed by atoms with Gasteiger partial charge in [-0.15, -0.1) is 11.8 Å². The molecule has 82 valence electrons. The Kier molecular flexibility index (Phi) is 2.94. The van der Waals surface area contributed by atoms with Gasteiger partial charge in [-0.25, -0.2) is 0 Å². The lowest BCUT2D eigenvalue weighted by Crippen LogP contribution is -2.15. The smallest absolute Gasteiger partial charge is 0.119 e. The van der Waals surface area contributed by atoms with Crippen LogP contribution in [-0.2, 0) is 0 Å². The fourth-order valence-corrected chi connectivity index (χ4v) is 2.37. The van der Waals surface area contributed by atoms with E-state index in [9.17, 15) is 0 Å². The van der Waals surface area contributed by atoms with Crippen LogP contribution in [0.15, 0.2) is 29.2 Å². The van der Waals surface area contributed by atoms with Gasteiger partial charge in [0.25, 0.3) is 0 Å². The topological polar surface area (TPSA) is 35.2 Å². The Balaban J connectivity index is 1.97. The largest absolute Gasteiger partial charge is 0.491 e. The van der Waals surface area contributed by atoms with Gasteiger partial charge in [0.05, 0.1) is 11.0 Å². The summed E-state index contributed by atoms with van der Waals surface area (Å²) in [4.78, 5) is 1.24. The van der Waals surface area contributed by atoms with E-state index in [0.717, 1.165) is 18.6 Å². The number of hydrogen-bond acceptors (Lipinski definition) is 3. The van der Waals surface area contributed by atoms with Crippen molar-refractivity contribution in [2.45, 2.75) is 42.6 Å². The van der Waals surface area contributed by atoms with E-state index >= 15 is 0 Å². The van der Waals surface area contributed by atoms with E-state index in [-0.39, 0.29) is 11.0 Å². The molecule has 2 nitrogen and oxygen atoms in total. The van der Waals surface area contributed by atoms with Gasteiger partial charge in [0, 0.05) is 4.90 Å². The molecule has 0 aliphatic heterocycles. The standard InChI is InChI=1S/C12H17NOS/c1-9(2)14-10-3-5-11(6-4-10)15-12(13)7-8-12/h3-6,9H,7-8,13H2,1-2H3. The molecule has 2 N–H and O–H groups in total. The van der Waals surface area contributed by atoms with Crippen LogP contribution in [0.3, 0.4) is 0 Å². The van der Waals surface area contributed by atoms with Gasteiger partial charge in [0.15, 0.2) is 0 Å². The summed E-state index contributed by atoms with van der Waals surface area (Å²) in [6.07, 6.45) is 2.48. The molecule has 1 aliphatic rings. The Hall–Kier alpha value is -0.670. The highest BCUT2D eigenvalue weighted by molar-refractivity contribution is 8.01. The molecular weight excluding hydrogens is 206 g/mol. The fourth-order valence-electron chi connectivity index (χ4n) is 1.32. The van der Waals surface area contributed by atoms with E-state index in [1.165, 1.54) is 4.90 Å². The maximum atomic E-state index is 6.03. The summed E-state index contributed by atoms with van der Waals surface area (Å²) in [6.45, 7) is 4.06. The van der Waals surface area contributed by atoms with Crippen molar-refractivity contribution < 1.29 is 4.74 Å². The van der Waals surface area contributed by atoms with Gasteiger partial charge in [-0.2, -0.15) is 0 Å². The molecular formula is C12H17NOS. The summed E-state index contributed by atoms with van der Waals surface area (Å²) >= 11 is 1.76. The van der Waals surface area contributed by atoms with Gasteiger partial charge in [-0.1, -0.05) is 0 Å². The molecule has 1 fully saturated rings. The quantitative estimate of drug-likeness (QED) is 0.797. The highest BCUT2D eigenvalue weighted by Crippen LogP contribution is 2.47. The highest BCUT2D eigenvalue weighted by atomic mass is 32.2. The van der Waals surface area contributed by atoms with Crippen LogP contribution in [0.4, 0.5) is 0 Å². The zero-order valence-corrected chi connectivity index (χ0v) is 10.0. The van der Waals surface area contributed by atoms with Crippen molar-refractivity contribution in [3.05, 3.63) is 24.3 Å². The van der Waals surface area contributed by atoms with Gasteiger partial charge in [-0.3, -0.25) is 0 Å². The van der Waals surface area contributed by atoms with Crippen LogP contribution in [0.5, 0.6) is 5.75 Å². The monoisotopic (exact) mass is 223 g/mol. The summed E-state index contributed by atoms with van der Waals surface area (Å²) in [6, 6.07) is 8.17. The molecule has 1 saturated carbocycles. The van der Waals surface area contributed by atoms with E-state index in [0.29, 0.717) is 0 Å². The Morgan fingerprint density at radius 2 is 1.87 bits per heavy atom. The van der Waals surface area contributed by atoms with E-state index in [1.807, 2.05) is 26.0 Å². The van der Waals surface area contributed by atoms with Crippen molar-refractivity contribution in [1.29, 1.82) is 0 Å². The average Bonchev–Trinajstić information content (AvgIpc) is 2.86. The van der Waals surface area contributed by atoms with Gasteiger partial charge in [0.2, 0.25) is 0 Å². The van der Waals surface area contributed by atoms with Crippen LogP contribution in [0, 0.1) is 0 Å². The summed E-state index contributed by atoms with van der Waals surface area (Å²) in [5.41, 5.74) is 6.03. The maximum Gasteiger partial charge on any atom is 0.119 e. The Labute approximate surface area is 95.2 Å². The van der Waals surface area contributed by atoms with Crippen LogP contribution >= 0.6 is 11.8 Å². The van der Waals surface area contributed by atoms with Crippen LogP contribution in [0.25, 0.3) is 0 Å². The van der Waals surface area contributed by atoms with Crippen molar-refractivity contribution in [3.8, 4) is 5.75 Å². The molecule has 0 heterocycles. The van der Waals surface area contributed by atoms with Crippen LogP contribution < -0.4 is 10.5 Å². The van der Waals surface area contributed by atoms with Gasteiger partial charge < -0.3 is 10.5 Å². The third-order valence-corrected chi connectivity index (χ3v) is 3.58. The second-order valence-corrected chi connectivity index (χ2v) is 5.79. The highest BCUT2D eigenvalue weighted by Gasteiger charge is 2.39. The lowest BCUT2D eigenvalue weighted by atomic mass is 10.3. The van der Waals surface area contributed by atoms with E-state index in [2.05, 4.69) is 12.1 Å². The number of rotatable bonds is 4. The summed E-state index contributed by atoms with van der Waals surface area (Å²) in [5.74, 6) is 0.927. The van der Waals surface area contributed by atoms with Crippen LogP contribution in [0.2, 0.25) is 0 Å². The molecule has 2 rings (SSSR count). The van der Waals surface area contributed by atoms with Crippen LogP contribution in [-0.4, -0.2) is 11.0 Å². The minimum absolute atomic E-state index is 0.0143. The van der Waals surface area contributed by atoms with E-state index in [1.54, 1.807) is 11.8 Å². The zero-order chi connectivity index (χ0) is 10.9. The zero-order valence-electron chi connectivity index (χ0n) is 9.19. The number of benzene rings is 1. The SMILES string of the molecule is CC(C)Oc1ccc(SC2(N)CC2)cc1. The normalized spacial score (nSPS) is 17.9. The van der Waals surface area contributed by atoms with Crippen molar-refractivity contribution in [3.63, 3.8) is 0 Å². The second-order valence-electron chi connectivity index (χ2n) is 4.30. The number of hydrogen-bond donors (Lipinski definition) is 1. The first-order valence-electron chi connectivity index (χ1n) is 5.32. The van der Waals surface area contributed by atoms with Gasteiger partial charge in [-0.05, 0) is 51.0 Å². The average molecular weight is 223 g/mol. The minimum atomic E-state index is 0.0143. The van der Waals surface area contributed by atoms with Crippen molar-refractivity contribution >= 4 is 11.8 Å². The third-order valence-electron chi connectivity index (χ3n) is 2.26. The molecule has 3 heteroatoms. The molecule has 15 heavy (non-hydrogen) atoms. The predicted molar refractivity (Wildman–Crippen MR) is 64.2 cm³/mol. The van der Waals surface area contributed by atoms with E-state index in [4.69, 9.17) is 10.5 Å². The minimum Gasteiger partial charge on any atom is -0.491 e. The Bertz CT molecular complexity index is 330. The number of ether oxygens (including phenoxy) is 1. The molecule has 1 aromatic carbocycles. The summed E-state index contributed by atoms with van der Waals surface area (Å²) in [5, 5.41) is 0. The van der Waals surface area contributed by atoms with Gasteiger partial charge >= 0.3 is 0 Å². The molecule has 0 bridgehead atoms. The van der Waals surface area contributed by atoms with Crippen LogP contribution in [0.1, 0.15) is 26.7 Å². The molecule has 0 atom stereocenters. The number of thioether (sulfide) groups is 1. The van der Waals surface area contributed by atoms with E-state index < -0.39 is 0 Å². The third kappa shape index (κ3) is 3.14. The summed E-state index contributed by atoms with van der Waals surface area (Å²) in [7, 11) is 0. The molecule has 0 radical (unpaired) electrons. The fraction of sp³-hybridized carbons (Fsp3) is 0.500. The Morgan fingerprint density at radius 3 is 2.33 bits per heavy atom. The van der Waals surface area contributed by atoms with Crippen molar-refractivity contribution in [2.75, 3.05) is 0 Å². The molecule has 0 unspecified atom stereocenters. The molecule has 0 spiro atoms. The molecule has 1 aromatic rings. The van der Waals surface area contributed by atoms with Crippen molar-refractivity contribution in [2.24, 2.45) is 5.73 Å². The predicted octanol–water partition coefficient (Wildman–Crippen LogP) is 3.01. The number of nitrogens with two attached hydrogens (primary N) is 1. The first kappa shape index (κ1) is 10.8. The van der Waals surface area contributed by atoms with Crippen molar-refractivity contribution in [1.82, 2.24) is 0 Å². The molecule has 1 aliphatic carbocycles. The first-order chi connectivity index (χ1) is 7.07. The van der Waals surface area contributed by atoms with Gasteiger partial charge in [0.1, 0.15) is 5.75 Å². The molecule has 0 saturated heterocycles. The summed E-state index contributed by atoms with van der Waals surface area (Å²) < 4.78 is 5.57. The Morgan fingerprint density at radius 1 is 1.27 bits per heavy atom. The molecule has 0 aromatic heterocycles. The first-order valence-corrected chi connectivity index (χ1v) is 6.14. The molecule has 0 amide bonds.